The van der Waals surface area contributed by atoms with Gasteiger partial charge in [-0.3, -0.25) is 4.57 Å². The molecule has 0 aliphatic carbocycles. The van der Waals surface area contributed by atoms with Crippen LogP contribution in [0.3, 0.4) is 0 Å². The van der Waals surface area contributed by atoms with Gasteiger partial charge in [-0.05, 0) is 68.4 Å². The molecule has 4 nitrogen and oxygen atoms in total. The zero-order valence-electron chi connectivity index (χ0n) is 21.2. The van der Waals surface area contributed by atoms with Crippen molar-refractivity contribution in [1.82, 2.24) is 4.67 Å². The Morgan fingerprint density at radius 1 is 0.794 bits per heavy atom. The van der Waals surface area contributed by atoms with Crippen LogP contribution in [0.4, 0.5) is 17.1 Å². The molecule has 2 aliphatic heterocycles. The number of fused-ring (bicyclic) bond motifs is 4. The Balaban J connectivity index is 2.01. The van der Waals surface area contributed by atoms with Crippen molar-refractivity contribution in [3.05, 3.63) is 65.2 Å². The molecular weight excluding hydrogens is 458 g/mol. The Morgan fingerprint density at radius 2 is 1.32 bits per heavy atom. The van der Waals surface area contributed by atoms with E-state index in [1.54, 1.807) is 0 Å². The zero-order chi connectivity index (χ0) is 24.6. The predicted octanol–water partition coefficient (Wildman–Crippen LogP) is 6.04. The van der Waals surface area contributed by atoms with Gasteiger partial charge in [0.25, 0.3) is 0 Å². The Labute approximate surface area is 203 Å². The fraction of sp³-hybridized carbons (Fsp3) is 0.357. The number of aryl methyl sites for hydroxylation is 2. The SMILES string of the molecule is CCN(CC)P1(=O)c2cc(C)ccc2N2c3ccc(C)cc3P(C)(=O)c3cc(C(C)C)cc1c32. The fourth-order valence-corrected chi connectivity index (χ4v) is 11.3. The summed E-state index contributed by atoms with van der Waals surface area (Å²) in [5.41, 5.74) is 6.04. The molecule has 2 atom stereocenters. The van der Waals surface area contributed by atoms with Crippen LogP contribution in [0.5, 0.6) is 0 Å². The highest BCUT2D eigenvalue weighted by Crippen LogP contribution is 2.61. The Hall–Kier alpha value is -2.12. The smallest absolute Gasteiger partial charge is 0.211 e. The van der Waals surface area contributed by atoms with E-state index in [4.69, 9.17) is 0 Å². The van der Waals surface area contributed by atoms with Gasteiger partial charge in [0.05, 0.1) is 27.7 Å². The van der Waals surface area contributed by atoms with E-state index in [2.05, 4.69) is 92.7 Å². The van der Waals surface area contributed by atoms with Crippen molar-refractivity contribution in [3.8, 4) is 0 Å². The topological polar surface area (TPSA) is 40.6 Å². The van der Waals surface area contributed by atoms with Crippen molar-refractivity contribution in [3.63, 3.8) is 0 Å². The molecule has 178 valence electrons. The van der Waals surface area contributed by atoms with Crippen molar-refractivity contribution in [2.45, 2.75) is 47.5 Å². The van der Waals surface area contributed by atoms with Crippen LogP contribution in [0.15, 0.2) is 48.5 Å². The number of benzene rings is 3. The van der Waals surface area contributed by atoms with Crippen molar-refractivity contribution in [2.75, 3.05) is 24.7 Å². The Kier molecular flexibility index (Phi) is 5.52. The molecule has 0 saturated carbocycles. The van der Waals surface area contributed by atoms with E-state index in [9.17, 15) is 4.57 Å². The average molecular weight is 493 g/mol. The number of hydrogen-bond acceptors (Lipinski definition) is 3. The normalized spacial score (nSPS) is 22.6. The quantitative estimate of drug-likeness (QED) is 0.417. The summed E-state index contributed by atoms with van der Waals surface area (Å²) in [7, 11) is -6.06. The highest BCUT2D eigenvalue weighted by atomic mass is 31.2. The van der Waals surface area contributed by atoms with Gasteiger partial charge in [-0.25, -0.2) is 4.67 Å². The van der Waals surface area contributed by atoms with Crippen LogP contribution in [-0.4, -0.2) is 24.4 Å². The van der Waals surface area contributed by atoms with Crippen LogP contribution in [0, 0.1) is 13.8 Å². The van der Waals surface area contributed by atoms with Crippen LogP contribution in [0.25, 0.3) is 0 Å². The van der Waals surface area contributed by atoms with Gasteiger partial charge >= 0.3 is 0 Å². The van der Waals surface area contributed by atoms with Gasteiger partial charge in [0.2, 0.25) is 7.29 Å². The van der Waals surface area contributed by atoms with Crippen molar-refractivity contribution >= 4 is 52.7 Å². The molecule has 5 rings (SSSR count). The molecule has 0 amide bonds. The minimum absolute atomic E-state index is 0.234. The van der Waals surface area contributed by atoms with Crippen molar-refractivity contribution in [1.29, 1.82) is 0 Å². The summed E-state index contributed by atoms with van der Waals surface area (Å²) in [5.74, 6) is 0.234. The maximum Gasteiger partial charge on any atom is 0.211 e. The first kappa shape index (κ1) is 23.6. The number of anilines is 3. The molecule has 0 spiro atoms. The maximum atomic E-state index is 15.4. The highest BCUT2D eigenvalue weighted by Gasteiger charge is 2.49. The first-order valence-corrected chi connectivity index (χ1v) is 16.0. The second-order valence-electron chi connectivity index (χ2n) is 10.0. The van der Waals surface area contributed by atoms with Gasteiger partial charge in [0.15, 0.2) is 0 Å². The lowest BCUT2D eigenvalue weighted by molar-refractivity contribution is 0.458. The predicted molar refractivity (Wildman–Crippen MR) is 147 cm³/mol. The van der Waals surface area contributed by atoms with Gasteiger partial charge in [-0.2, -0.15) is 0 Å². The molecule has 0 radical (unpaired) electrons. The van der Waals surface area contributed by atoms with Crippen molar-refractivity contribution in [2.24, 2.45) is 0 Å². The van der Waals surface area contributed by atoms with E-state index in [0.717, 1.165) is 55.0 Å². The van der Waals surface area contributed by atoms with E-state index in [1.807, 2.05) is 13.6 Å². The van der Waals surface area contributed by atoms with Gasteiger partial charge < -0.3 is 9.46 Å². The van der Waals surface area contributed by atoms with E-state index < -0.39 is 14.4 Å². The lowest BCUT2D eigenvalue weighted by Gasteiger charge is -2.46. The standard InChI is InChI=1S/C28H34N2O2P2/c1-8-29(9-2)34(32)25-15-20(6)11-13-23(25)30-22-12-10-19(5)14-24(22)33(7,31)26-16-21(18(3)4)17-27(34)28(26)30/h10-18H,8-9H2,1-7H3. The lowest BCUT2D eigenvalue weighted by Crippen LogP contribution is -2.46. The van der Waals surface area contributed by atoms with Gasteiger partial charge in [0.1, 0.15) is 7.14 Å². The molecule has 0 N–H and O–H groups in total. The molecule has 0 fully saturated rings. The molecule has 3 aromatic carbocycles. The van der Waals surface area contributed by atoms with Gasteiger partial charge in [-0.15, -0.1) is 0 Å². The zero-order valence-corrected chi connectivity index (χ0v) is 23.0. The van der Waals surface area contributed by atoms with Crippen LogP contribution in [-0.2, 0) is 9.13 Å². The first-order valence-electron chi connectivity index (χ1n) is 12.2. The molecular formula is C28H34N2O2P2. The van der Waals surface area contributed by atoms with Crippen LogP contribution in [0.2, 0.25) is 0 Å². The molecule has 2 aliphatic rings. The lowest BCUT2D eigenvalue weighted by atomic mass is 10.0. The summed E-state index contributed by atoms with van der Waals surface area (Å²) in [6, 6.07) is 16.8. The van der Waals surface area contributed by atoms with Gasteiger partial charge in [-0.1, -0.05) is 51.0 Å². The fourth-order valence-electron chi connectivity index (χ4n) is 5.53. The van der Waals surface area contributed by atoms with E-state index in [0.29, 0.717) is 13.1 Å². The molecule has 2 heterocycles. The molecule has 34 heavy (non-hydrogen) atoms. The minimum atomic E-state index is -3.15. The summed E-state index contributed by atoms with van der Waals surface area (Å²) in [5, 5.41) is 3.45. The molecule has 3 aromatic rings. The summed E-state index contributed by atoms with van der Waals surface area (Å²) in [4.78, 5) is 2.23. The molecule has 0 bridgehead atoms. The largest absolute Gasteiger partial charge is 0.314 e. The number of rotatable bonds is 4. The van der Waals surface area contributed by atoms with Gasteiger partial charge in [0, 0.05) is 23.7 Å². The van der Waals surface area contributed by atoms with E-state index in [-0.39, 0.29) is 5.92 Å². The summed E-state index contributed by atoms with van der Waals surface area (Å²) < 4.78 is 32.1. The summed E-state index contributed by atoms with van der Waals surface area (Å²) in [6.45, 7) is 15.8. The number of nitrogens with zero attached hydrogens (tertiary/aromatic N) is 2. The molecule has 2 unspecified atom stereocenters. The van der Waals surface area contributed by atoms with Crippen LogP contribution >= 0.6 is 14.4 Å². The highest BCUT2D eigenvalue weighted by molar-refractivity contribution is 7.80. The first-order chi connectivity index (χ1) is 16.0. The Bertz CT molecular complexity index is 1420. The molecule has 0 saturated heterocycles. The van der Waals surface area contributed by atoms with Crippen LogP contribution in [0.1, 0.15) is 50.3 Å². The minimum Gasteiger partial charge on any atom is -0.314 e. The average Bonchev–Trinajstić information content (AvgIpc) is 2.79. The molecule has 0 aromatic heterocycles. The maximum absolute atomic E-state index is 15.4. The second kappa shape index (κ2) is 7.95. The third kappa shape index (κ3) is 3.08. The monoisotopic (exact) mass is 492 g/mol. The van der Waals surface area contributed by atoms with Crippen LogP contribution < -0.4 is 26.1 Å². The van der Waals surface area contributed by atoms with E-state index >= 15 is 4.57 Å². The summed E-state index contributed by atoms with van der Waals surface area (Å²) in [6.07, 6.45) is 0. The molecule has 6 heteroatoms. The second-order valence-corrected chi connectivity index (χ2v) is 15.5. The van der Waals surface area contributed by atoms with Crippen molar-refractivity contribution < 1.29 is 9.13 Å². The third-order valence-corrected chi connectivity index (χ3v) is 13.3. The number of hydrogen-bond donors (Lipinski definition) is 0. The third-order valence-electron chi connectivity index (χ3n) is 7.43. The Morgan fingerprint density at radius 3 is 1.88 bits per heavy atom. The van der Waals surface area contributed by atoms with E-state index in [1.165, 1.54) is 0 Å². The summed E-state index contributed by atoms with van der Waals surface area (Å²) >= 11 is 0.